The number of nitrogens with zero attached hydrogens (tertiary/aromatic N) is 1. The molecule has 0 spiro atoms. The van der Waals surface area contributed by atoms with Gasteiger partial charge in [0.25, 0.3) is 0 Å². The zero-order chi connectivity index (χ0) is 9.26. The average Bonchev–Trinajstić information content (AvgIpc) is 2.62. The smallest absolute Gasteiger partial charge is 0.0552 e. The zero-order valence-corrected chi connectivity index (χ0v) is 8.82. The summed E-state index contributed by atoms with van der Waals surface area (Å²) in [6.07, 6.45) is 4.20. The van der Waals surface area contributed by atoms with E-state index in [0.29, 0.717) is 0 Å². The quantitative estimate of drug-likeness (QED) is 0.708. The van der Waals surface area contributed by atoms with Crippen LogP contribution in [0.1, 0.15) is 25.0 Å². The molecule has 13 heavy (non-hydrogen) atoms. The van der Waals surface area contributed by atoms with E-state index in [-0.39, 0.29) is 0 Å². The largest absolute Gasteiger partial charge is 0.200 e. The van der Waals surface area contributed by atoms with Crippen molar-refractivity contribution in [2.75, 3.05) is 0 Å². The molecule has 2 heteroatoms. The second-order valence-corrected chi connectivity index (χ2v) is 4.02. The predicted octanol–water partition coefficient (Wildman–Crippen LogP) is 3.42. The summed E-state index contributed by atoms with van der Waals surface area (Å²) in [5.74, 6) is 0. The standard InChI is InChI=1S/C11H13NS/c1-3-8-5-10-7-12-13-11(10)6-9(8)4-2/h5-7H,3-4H2,1-2H3. The number of aryl methyl sites for hydroxylation is 2. The molecule has 1 heterocycles. The Labute approximate surface area is 82.6 Å². The van der Waals surface area contributed by atoms with Crippen LogP contribution in [-0.4, -0.2) is 4.37 Å². The molecule has 0 unspecified atom stereocenters. The van der Waals surface area contributed by atoms with Crippen LogP contribution in [0, 0.1) is 0 Å². The van der Waals surface area contributed by atoms with Crippen molar-refractivity contribution in [3.05, 3.63) is 29.5 Å². The van der Waals surface area contributed by atoms with Crippen molar-refractivity contribution in [3.8, 4) is 0 Å². The summed E-state index contributed by atoms with van der Waals surface area (Å²) in [4.78, 5) is 0. The molecule has 0 amide bonds. The molecule has 1 nitrogen and oxygen atoms in total. The Balaban J connectivity index is 2.67. The molecule has 68 valence electrons. The molecule has 1 aromatic heterocycles. The lowest BCUT2D eigenvalue weighted by Crippen LogP contribution is -1.89. The average molecular weight is 191 g/mol. The number of hydrogen-bond donors (Lipinski definition) is 0. The molecule has 0 radical (unpaired) electrons. The van der Waals surface area contributed by atoms with Gasteiger partial charge < -0.3 is 0 Å². The van der Waals surface area contributed by atoms with E-state index in [4.69, 9.17) is 0 Å². The fourth-order valence-electron chi connectivity index (χ4n) is 1.66. The maximum atomic E-state index is 4.19. The summed E-state index contributed by atoms with van der Waals surface area (Å²) in [5.41, 5.74) is 2.94. The first-order valence-electron chi connectivity index (χ1n) is 4.71. The first-order valence-corrected chi connectivity index (χ1v) is 5.48. The highest BCUT2D eigenvalue weighted by molar-refractivity contribution is 7.13. The van der Waals surface area contributed by atoms with Gasteiger partial charge in [-0.1, -0.05) is 13.8 Å². The second kappa shape index (κ2) is 3.46. The fraction of sp³-hybridized carbons (Fsp3) is 0.364. The van der Waals surface area contributed by atoms with Gasteiger partial charge in [0.15, 0.2) is 0 Å². The summed E-state index contributed by atoms with van der Waals surface area (Å²) in [7, 11) is 0. The van der Waals surface area contributed by atoms with Gasteiger partial charge in [-0.3, -0.25) is 0 Å². The van der Waals surface area contributed by atoms with E-state index in [0.717, 1.165) is 12.8 Å². The van der Waals surface area contributed by atoms with Crippen molar-refractivity contribution >= 4 is 21.6 Å². The monoisotopic (exact) mass is 191 g/mol. The minimum atomic E-state index is 1.12. The maximum Gasteiger partial charge on any atom is 0.0552 e. The van der Waals surface area contributed by atoms with E-state index < -0.39 is 0 Å². The van der Waals surface area contributed by atoms with Crippen LogP contribution in [0.15, 0.2) is 18.3 Å². The lowest BCUT2D eigenvalue weighted by Gasteiger charge is -2.04. The molecule has 0 aliphatic carbocycles. The van der Waals surface area contributed by atoms with Gasteiger partial charge in [-0.15, -0.1) is 0 Å². The van der Waals surface area contributed by atoms with Gasteiger partial charge in [-0.05, 0) is 47.6 Å². The summed E-state index contributed by atoms with van der Waals surface area (Å²) in [6, 6.07) is 4.56. The predicted molar refractivity (Wildman–Crippen MR) is 58.4 cm³/mol. The second-order valence-electron chi connectivity index (χ2n) is 3.19. The Morgan fingerprint density at radius 1 is 1.15 bits per heavy atom. The number of fused-ring (bicyclic) bond motifs is 1. The lowest BCUT2D eigenvalue weighted by atomic mass is 10.0. The Morgan fingerprint density at radius 3 is 2.54 bits per heavy atom. The molecule has 0 aliphatic rings. The number of aromatic nitrogens is 1. The third-order valence-electron chi connectivity index (χ3n) is 2.44. The van der Waals surface area contributed by atoms with Crippen LogP contribution < -0.4 is 0 Å². The van der Waals surface area contributed by atoms with Crippen molar-refractivity contribution in [2.24, 2.45) is 0 Å². The van der Waals surface area contributed by atoms with Gasteiger partial charge in [0.1, 0.15) is 0 Å². The summed E-state index contributed by atoms with van der Waals surface area (Å²) < 4.78 is 5.51. The van der Waals surface area contributed by atoms with Gasteiger partial charge >= 0.3 is 0 Å². The van der Waals surface area contributed by atoms with Crippen LogP contribution in [0.25, 0.3) is 10.1 Å². The van der Waals surface area contributed by atoms with Crippen LogP contribution in [0.4, 0.5) is 0 Å². The maximum absolute atomic E-state index is 4.19. The molecule has 0 bridgehead atoms. The third-order valence-corrected chi connectivity index (χ3v) is 3.20. The Morgan fingerprint density at radius 2 is 1.85 bits per heavy atom. The van der Waals surface area contributed by atoms with Crippen LogP contribution in [0.3, 0.4) is 0 Å². The number of hydrogen-bond acceptors (Lipinski definition) is 2. The van der Waals surface area contributed by atoms with Crippen molar-refractivity contribution in [1.82, 2.24) is 4.37 Å². The lowest BCUT2D eigenvalue weighted by molar-refractivity contribution is 1.04. The summed E-state index contributed by atoms with van der Waals surface area (Å²) in [5, 5.41) is 1.29. The molecule has 0 N–H and O–H groups in total. The number of rotatable bonds is 2. The van der Waals surface area contributed by atoms with Gasteiger partial charge in [-0.2, -0.15) is 4.37 Å². The molecule has 0 saturated heterocycles. The first-order chi connectivity index (χ1) is 6.35. The van der Waals surface area contributed by atoms with Gasteiger partial charge in [0.2, 0.25) is 0 Å². The van der Waals surface area contributed by atoms with Crippen LogP contribution >= 0.6 is 11.5 Å². The van der Waals surface area contributed by atoms with Crippen LogP contribution in [-0.2, 0) is 12.8 Å². The molecule has 2 rings (SSSR count). The normalized spacial score (nSPS) is 10.9. The molecule has 0 atom stereocenters. The van der Waals surface area contributed by atoms with Crippen molar-refractivity contribution in [1.29, 1.82) is 0 Å². The molecule has 0 fully saturated rings. The Hall–Kier alpha value is -0.890. The molecule has 1 aromatic carbocycles. The van der Waals surface area contributed by atoms with E-state index in [9.17, 15) is 0 Å². The van der Waals surface area contributed by atoms with E-state index in [1.54, 1.807) is 11.5 Å². The molecule has 2 aromatic rings. The SMILES string of the molecule is CCc1cc2cnsc2cc1CC. The minimum absolute atomic E-state index is 1.12. The minimum Gasteiger partial charge on any atom is -0.200 e. The van der Waals surface area contributed by atoms with E-state index in [1.807, 2.05) is 6.20 Å². The van der Waals surface area contributed by atoms with E-state index >= 15 is 0 Å². The first kappa shape index (κ1) is 8.70. The highest BCUT2D eigenvalue weighted by Gasteiger charge is 2.03. The molecule has 0 aliphatic heterocycles. The summed E-state index contributed by atoms with van der Waals surface area (Å²) in [6.45, 7) is 4.42. The Kier molecular flexibility index (Phi) is 2.32. The molecular formula is C11H13NS. The van der Waals surface area contributed by atoms with Gasteiger partial charge in [0, 0.05) is 11.6 Å². The van der Waals surface area contributed by atoms with Crippen LogP contribution in [0.5, 0.6) is 0 Å². The highest BCUT2D eigenvalue weighted by atomic mass is 32.1. The van der Waals surface area contributed by atoms with E-state index in [1.165, 1.54) is 21.2 Å². The van der Waals surface area contributed by atoms with Crippen molar-refractivity contribution in [2.45, 2.75) is 26.7 Å². The van der Waals surface area contributed by atoms with Gasteiger partial charge in [0.05, 0.1) is 4.70 Å². The van der Waals surface area contributed by atoms with Crippen LogP contribution in [0.2, 0.25) is 0 Å². The number of benzene rings is 1. The third kappa shape index (κ3) is 1.46. The zero-order valence-electron chi connectivity index (χ0n) is 8.00. The van der Waals surface area contributed by atoms with Crippen molar-refractivity contribution in [3.63, 3.8) is 0 Å². The Bertz CT molecular complexity index is 379. The topological polar surface area (TPSA) is 12.9 Å². The van der Waals surface area contributed by atoms with Gasteiger partial charge in [-0.25, -0.2) is 0 Å². The summed E-state index contributed by atoms with van der Waals surface area (Å²) >= 11 is 1.59. The molecular weight excluding hydrogens is 178 g/mol. The van der Waals surface area contributed by atoms with Crippen molar-refractivity contribution < 1.29 is 0 Å². The van der Waals surface area contributed by atoms with E-state index in [2.05, 4.69) is 30.4 Å². The highest BCUT2D eigenvalue weighted by Crippen LogP contribution is 2.23. The fourth-order valence-corrected chi connectivity index (χ4v) is 2.36. The molecule has 0 saturated carbocycles.